The number of amides is 1. The van der Waals surface area contributed by atoms with E-state index in [1.807, 2.05) is 32.9 Å². The largest absolute Gasteiger partial charge is 0.486 e. The lowest BCUT2D eigenvalue weighted by molar-refractivity contribution is -0.124. The van der Waals surface area contributed by atoms with E-state index in [0.29, 0.717) is 13.2 Å². The Hall–Kier alpha value is -1.23. The molecular formula is C14H18BrNO3. The van der Waals surface area contributed by atoms with Crippen LogP contribution in [0, 0.1) is 5.92 Å². The van der Waals surface area contributed by atoms with Gasteiger partial charge in [-0.1, -0.05) is 29.8 Å². The minimum Gasteiger partial charge on any atom is -0.486 e. The lowest BCUT2D eigenvalue weighted by Gasteiger charge is -2.23. The Morgan fingerprint density at radius 1 is 1.21 bits per heavy atom. The first-order valence-corrected chi connectivity index (χ1v) is 7.17. The highest BCUT2D eigenvalue weighted by Gasteiger charge is 2.19. The Bertz CT molecular complexity index is 488. The lowest BCUT2D eigenvalue weighted by Crippen LogP contribution is -2.30. The van der Waals surface area contributed by atoms with Gasteiger partial charge in [-0.25, -0.2) is 0 Å². The van der Waals surface area contributed by atoms with Gasteiger partial charge in [-0.2, -0.15) is 0 Å². The van der Waals surface area contributed by atoms with Gasteiger partial charge in [0.2, 0.25) is 5.91 Å². The van der Waals surface area contributed by atoms with Crippen LogP contribution in [0.2, 0.25) is 0 Å². The highest BCUT2D eigenvalue weighted by atomic mass is 79.9. The van der Waals surface area contributed by atoms with E-state index in [2.05, 4.69) is 21.2 Å². The molecule has 104 valence electrons. The molecule has 1 aromatic rings. The third-order valence-electron chi connectivity index (χ3n) is 3.01. The highest BCUT2D eigenvalue weighted by molar-refractivity contribution is 9.10. The van der Waals surface area contributed by atoms with Gasteiger partial charge in [0.1, 0.15) is 13.2 Å². The van der Waals surface area contributed by atoms with Crippen molar-refractivity contribution in [2.24, 2.45) is 5.92 Å². The summed E-state index contributed by atoms with van der Waals surface area (Å²) >= 11 is 3.52. The third kappa shape index (κ3) is 3.21. The van der Waals surface area contributed by atoms with Gasteiger partial charge in [0.25, 0.3) is 0 Å². The van der Waals surface area contributed by atoms with Gasteiger partial charge in [-0.3, -0.25) is 4.79 Å². The summed E-state index contributed by atoms with van der Waals surface area (Å²) < 4.78 is 12.0. The fraction of sp³-hybridized carbons (Fsp3) is 0.500. The summed E-state index contributed by atoms with van der Waals surface area (Å²) in [5.41, 5.74) is 0.984. The van der Waals surface area contributed by atoms with Crippen LogP contribution in [0.15, 0.2) is 16.6 Å². The van der Waals surface area contributed by atoms with Gasteiger partial charge in [-0.15, -0.1) is 0 Å². The summed E-state index contributed by atoms with van der Waals surface area (Å²) in [5, 5.41) is 2.98. The van der Waals surface area contributed by atoms with E-state index in [9.17, 15) is 4.79 Å². The molecule has 1 aliphatic rings. The van der Waals surface area contributed by atoms with Crippen molar-refractivity contribution in [3.63, 3.8) is 0 Å². The molecule has 2 rings (SSSR count). The number of hydrogen-bond acceptors (Lipinski definition) is 3. The quantitative estimate of drug-likeness (QED) is 0.928. The summed E-state index contributed by atoms with van der Waals surface area (Å²) in [6.45, 7) is 6.83. The molecule has 1 N–H and O–H groups in total. The molecule has 0 spiro atoms. The molecule has 1 atom stereocenters. The molecular weight excluding hydrogens is 310 g/mol. The highest BCUT2D eigenvalue weighted by Crippen LogP contribution is 2.37. The second kappa shape index (κ2) is 5.82. The number of fused-ring (bicyclic) bond motifs is 1. The second-order valence-electron chi connectivity index (χ2n) is 4.90. The molecule has 0 fully saturated rings. The second-order valence-corrected chi connectivity index (χ2v) is 5.76. The molecule has 0 aliphatic carbocycles. The normalized spacial score (nSPS) is 15.2. The van der Waals surface area contributed by atoms with Crippen molar-refractivity contribution in [2.45, 2.75) is 26.8 Å². The van der Waals surface area contributed by atoms with Crippen molar-refractivity contribution in [1.29, 1.82) is 0 Å². The smallest absolute Gasteiger partial charge is 0.223 e. The predicted octanol–water partition coefficient (Wildman–Crippen LogP) is 3.05. The van der Waals surface area contributed by atoms with Crippen LogP contribution in [-0.2, 0) is 4.79 Å². The number of benzene rings is 1. The van der Waals surface area contributed by atoms with Gasteiger partial charge < -0.3 is 14.8 Å². The summed E-state index contributed by atoms with van der Waals surface area (Å²) in [6, 6.07) is 3.73. The standard InChI is InChI=1S/C14H18BrNO3/c1-8(2)14(17)16-9(3)10-6-12-13(7-11(10)15)19-5-4-18-12/h6-9H,4-5H2,1-3H3,(H,16,17)/t9-/m0/s1. The van der Waals surface area contributed by atoms with Crippen LogP contribution in [0.3, 0.4) is 0 Å². The van der Waals surface area contributed by atoms with Crippen molar-refractivity contribution in [3.8, 4) is 11.5 Å². The zero-order valence-electron chi connectivity index (χ0n) is 11.3. The summed E-state index contributed by atoms with van der Waals surface area (Å²) in [4.78, 5) is 11.7. The number of rotatable bonds is 3. The molecule has 0 aromatic heterocycles. The van der Waals surface area contributed by atoms with Crippen molar-refractivity contribution >= 4 is 21.8 Å². The van der Waals surface area contributed by atoms with E-state index in [1.165, 1.54) is 0 Å². The number of carbonyl (C=O) groups excluding carboxylic acids is 1. The van der Waals surface area contributed by atoms with Crippen LogP contribution in [-0.4, -0.2) is 19.1 Å². The number of carbonyl (C=O) groups is 1. The van der Waals surface area contributed by atoms with Crippen LogP contribution in [0.25, 0.3) is 0 Å². The Morgan fingerprint density at radius 2 is 1.79 bits per heavy atom. The average molecular weight is 328 g/mol. The van der Waals surface area contributed by atoms with Crippen LogP contribution in [0.1, 0.15) is 32.4 Å². The number of halogens is 1. The third-order valence-corrected chi connectivity index (χ3v) is 3.70. The molecule has 0 saturated carbocycles. The molecule has 1 aliphatic heterocycles. The van der Waals surface area contributed by atoms with Crippen molar-refractivity contribution < 1.29 is 14.3 Å². The van der Waals surface area contributed by atoms with Gasteiger partial charge in [0, 0.05) is 10.4 Å². The Kier molecular flexibility index (Phi) is 4.34. The Morgan fingerprint density at radius 3 is 2.37 bits per heavy atom. The van der Waals surface area contributed by atoms with E-state index in [-0.39, 0.29) is 17.9 Å². The molecule has 5 heteroatoms. The van der Waals surface area contributed by atoms with Crippen LogP contribution in [0.5, 0.6) is 11.5 Å². The van der Waals surface area contributed by atoms with Crippen molar-refractivity contribution in [3.05, 3.63) is 22.2 Å². The zero-order valence-corrected chi connectivity index (χ0v) is 12.9. The van der Waals surface area contributed by atoms with Crippen molar-refractivity contribution in [1.82, 2.24) is 5.32 Å². The maximum atomic E-state index is 11.7. The molecule has 0 saturated heterocycles. The Balaban J connectivity index is 2.22. The fourth-order valence-electron chi connectivity index (χ4n) is 1.87. The molecule has 1 heterocycles. The average Bonchev–Trinajstić information content (AvgIpc) is 2.37. The summed E-state index contributed by atoms with van der Waals surface area (Å²) in [5.74, 6) is 1.48. The maximum Gasteiger partial charge on any atom is 0.223 e. The number of hydrogen-bond donors (Lipinski definition) is 1. The molecule has 0 unspecified atom stereocenters. The van der Waals surface area contributed by atoms with Gasteiger partial charge in [-0.05, 0) is 24.6 Å². The minimum atomic E-state index is -0.0832. The zero-order chi connectivity index (χ0) is 14.0. The van der Waals surface area contributed by atoms with E-state index in [1.54, 1.807) is 0 Å². The minimum absolute atomic E-state index is 0.0292. The van der Waals surface area contributed by atoms with Gasteiger partial charge in [0.05, 0.1) is 6.04 Å². The van der Waals surface area contributed by atoms with Gasteiger partial charge in [0.15, 0.2) is 11.5 Å². The number of nitrogens with one attached hydrogen (secondary N) is 1. The fourth-order valence-corrected chi connectivity index (χ4v) is 2.54. The van der Waals surface area contributed by atoms with Crippen LogP contribution >= 0.6 is 15.9 Å². The Labute approximate surface area is 121 Å². The SMILES string of the molecule is CC(C)C(=O)N[C@@H](C)c1cc2c(cc1Br)OCCO2. The molecule has 19 heavy (non-hydrogen) atoms. The molecule has 4 nitrogen and oxygen atoms in total. The monoisotopic (exact) mass is 327 g/mol. The number of ether oxygens (including phenoxy) is 2. The predicted molar refractivity (Wildman–Crippen MR) is 76.5 cm³/mol. The lowest BCUT2D eigenvalue weighted by atomic mass is 10.1. The summed E-state index contributed by atoms with van der Waals surface area (Å²) in [6.07, 6.45) is 0. The van der Waals surface area contributed by atoms with E-state index >= 15 is 0 Å². The van der Waals surface area contributed by atoms with E-state index in [0.717, 1.165) is 21.5 Å². The topological polar surface area (TPSA) is 47.6 Å². The molecule has 1 aromatic carbocycles. The first-order chi connectivity index (χ1) is 8.99. The first kappa shape index (κ1) is 14.2. The molecule has 0 radical (unpaired) electrons. The van der Waals surface area contributed by atoms with Crippen molar-refractivity contribution in [2.75, 3.05) is 13.2 Å². The molecule has 0 bridgehead atoms. The van der Waals surface area contributed by atoms with Crippen LogP contribution in [0.4, 0.5) is 0 Å². The summed E-state index contributed by atoms with van der Waals surface area (Å²) in [7, 11) is 0. The van der Waals surface area contributed by atoms with E-state index in [4.69, 9.17) is 9.47 Å². The molecule has 1 amide bonds. The van der Waals surface area contributed by atoms with E-state index < -0.39 is 0 Å². The maximum absolute atomic E-state index is 11.7. The van der Waals surface area contributed by atoms with Crippen LogP contribution < -0.4 is 14.8 Å². The first-order valence-electron chi connectivity index (χ1n) is 6.38. The van der Waals surface area contributed by atoms with Gasteiger partial charge >= 0.3 is 0 Å².